The topological polar surface area (TPSA) is 50.9 Å². The molecule has 0 amide bonds. The van der Waals surface area contributed by atoms with Crippen LogP contribution in [-0.2, 0) is 10.8 Å². The van der Waals surface area contributed by atoms with Crippen molar-refractivity contribution >= 4 is 11.0 Å². The monoisotopic (exact) mass is 669 g/mol. The van der Waals surface area contributed by atoms with E-state index < -0.39 is 0 Å². The Morgan fingerprint density at radius 3 is 1.86 bits per heavy atom. The lowest BCUT2D eigenvalue weighted by molar-refractivity contribution is 0.477. The molecule has 0 spiro atoms. The Hall–Kier alpha value is -5.48. The maximum Gasteiger partial charge on any atom is 0.149 e. The summed E-state index contributed by atoms with van der Waals surface area (Å²) in [6.45, 7) is 20.1. The van der Waals surface area contributed by atoms with E-state index in [1.807, 2.05) is 24.4 Å². The highest BCUT2D eigenvalue weighted by Crippen LogP contribution is 2.40. The van der Waals surface area contributed by atoms with Gasteiger partial charge in [0.2, 0.25) is 0 Å². The van der Waals surface area contributed by atoms with E-state index in [9.17, 15) is 5.11 Å². The van der Waals surface area contributed by atoms with Crippen LogP contribution >= 0.6 is 0 Å². The fourth-order valence-electron chi connectivity index (χ4n) is 7.20. The minimum Gasteiger partial charge on any atom is -0.507 e. The Balaban J connectivity index is 1.38. The van der Waals surface area contributed by atoms with Gasteiger partial charge in [0.15, 0.2) is 0 Å². The van der Waals surface area contributed by atoms with E-state index in [0.29, 0.717) is 11.4 Å². The number of imidazole rings is 1. The maximum absolute atomic E-state index is 11.0. The number of phenolic OH excluding ortho intramolecular Hbond substituents is 1. The number of pyridine rings is 1. The Bertz CT molecular complexity index is 2380. The van der Waals surface area contributed by atoms with Crippen LogP contribution in [0, 0.1) is 20.8 Å². The highest BCUT2D eigenvalue weighted by molar-refractivity contribution is 5.97. The zero-order chi connectivity index (χ0) is 36.2. The van der Waals surface area contributed by atoms with E-state index in [2.05, 4.69) is 152 Å². The third-order valence-electron chi connectivity index (χ3n) is 9.92. The zero-order valence-electron chi connectivity index (χ0n) is 31.3. The quantitative estimate of drug-likeness (QED) is 0.198. The van der Waals surface area contributed by atoms with Crippen molar-refractivity contribution in [3.05, 3.63) is 143 Å². The average Bonchev–Trinajstić information content (AvgIpc) is 3.46. The molecule has 5 aromatic carbocycles. The molecule has 0 saturated carbocycles. The average molecular weight is 670 g/mol. The van der Waals surface area contributed by atoms with E-state index >= 15 is 0 Å². The molecule has 0 aliphatic rings. The number of rotatable bonds is 5. The fourth-order valence-corrected chi connectivity index (χ4v) is 7.20. The number of hydrogen-bond donors (Lipinski definition) is 1. The van der Waals surface area contributed by atoms with Crippen LogP contribution in [0.1, 0.15) is 69.4 Å². The van der Waals surface area contributed by atoms with Gasteiger partial charge in [-0.2, -0.15) is 0 Å². The van der Waals surface area contributed by atoms with Gasteiger partial charge < -0.3 is 5.11 Å². The lowest BCUT2D eigenvalue weighted by Crippen LogP contribution is -2.16. The number of fused-ring (bicyclic) bond motifs is 1. The summed E-state index contributed by atoms with van der Waals surface area (Å²) in [5.74, 6) is 0.914. The molecule has 2 heterocycles. The molecule has 4 heteroatoms. The molecule has 1 N–H and O–H groups in total. The second-order valence-electron chi connectivity index (χ2n) is 16.0. The number of hydrogen-bond acceptors (Lipinski definition) is 3. The number of benzene rings is 5. The molecule has 0 saturated heterocycles. The Kier molecular flexibility index (Phi) is 8.46. The van der Waals surface area contributed by atoms with Gasteiger partial charge in [-0.05, 0) is 107 Å². The van der Waals surface area contributed by atoms with Crippen molar-refractivity contribution in [1.82, 2.24) is 14.5 Å². The smallest absolute Gasteiger partial charge is 0.149 e. The van der Waals surface area contributed by atoms with Crippen molar-refractivity contribution in [1.29, 1.82) is 0 Å². The highest BCUT2D eigenvalue weighted by atomic mass is 16.3. The van der Waals surface area contributed by atoms with Crippen LogP contribution in [0.25, 0.3) is 61.6 Å². The summed E-state index contributed by atoms with van der Waals surface area (Å²) in [5, 5.41) is 11.0. The van der Waals surface area contributed by atoms with Crippen molar-refractivity contribution in [3.8, 4) is 56.3 Å². The molecule has 256 valence electrons. The summed E-state index contributed by atoms with van der Waals surface area (Å²) < 4.78 is 2.21. The van der Waals surface area contributed by atoms with E-state index in [0.717, 1.165) is 55.8 Å². The van der Waals surface area contributed by atoms with Crippen LogP contribution in [0.5, 0.6) is 5.75 Å². The van der Waals surface area contributed by atoms with Crippen molar-refractivity contribution in [3.63, 3.8) is 0 Å². The van der Waals surface area contributed by atoms with Gasteiger partial charge in [0, 0.05) is 17.3 Å². The van der Waals surface area contributed by atoms with Gasteiger partial charge in [0.25, 0.3) is 0 Å². The summed E-state index contributed by atoms with van der Waals surface area (Å²) in [5.41, 5.74) is 16.3. The van der Waals surface area contributed by atoms with Crippen molar-refractivity contribution < 1.29 is 5.11 Å². The summed E-state index contributed by atoms with van der Waals surface area (Å²) >= 11 is 0. The minimum absolute atomic E-state index is 0.0319. The molecular weight excluding hydrogens is 623 g/mol. The number of aryl methyl sites for hydroxylation is 3. The van der Waals surface area contributed by atoms with Crippen LogP contribution in [0.15, 0.2) is 115 Å². The molecule has 0 fully saturated rings. The summed E-state index contributed by atoms with van der Waals surface area (Å²) in [7, 11) is 0. The van der Waals surface area contributed by atoms with E-state index in [4.69, 9.17) is 9.97 Å². The number of nitrogens with zero attached hydrogens (tertiary/aromatic N) is 3. The van der Waals surface area contributed by atoms with Crippen molar-refractivity contribution in [2.24, 2.45) is 0 Å². The zero-order valence-corrected chi connectivity index (χ0v) is 31.3. The Labute approximate surface area is 302 Å². The van der Waals surface area contributed by atoms with Gasteiger partial charge in [-0.25, -0.2) is 4.98 Å². The van der Waals surface area contributed by atoms with E-state index in [-0.39, 0.29) is 16.6 Å². The predicted octanol–water partition coefficient (Wildman–Crippen LogP) is 12.3. The first-order valence-electron chi connectivity index (χ1n) is 17.8. The standard InChI is InChI=1S/C47H47N3O/c1-29-22-30(2)44(31(3)23-29)50-41-18-13-17-38(43(41)49-45(50)39-16-10-11-19-42(39)51)33-14-12-15-34(24-33)40-27-32(20-21-48-40)35-25-36(46(4,5)6)28-37(26-35)47(7,8)9/h10-28,51H,1-9H3. The van der Waals surface area contributed by atoms with E-state index in [1.54, 1.807) is 6.07 Å². The molecular formula is C47H47N3O. The third kappa shape index (κ3) is 6.47. The number of para-hydroxylation sites is 2. The summed E-state index contributed by atoms with van der Waals surface area (Å²) in [4.78, 5) is 10.2. The minimum atomic E-state index is 0.0319. The second kappa shape index (κ2) is 12.7. The number of aromatic nitrogens is 3. The second-order valence-corrected chi connectivity index (χ2v) is 16.0. The molecule has 0 aliphatic heterocycles. The first-order valence-corrected chi connectivity index (χ1v) is 17.8. The highest BCUT2D eigenvalue weighted by Gasteiger charge is 2.23. The molecule has 7 rings (SSSR count). The fraction of sp³-hybridized carbons (Fsp3) is 0.234. The largest absolute Gasteiger partial charge is 0.507 e. The van der Waals surface area contributed by atoms with Crippen molar-refractivity contribution in [2.45, 2.75) is 73.1 Å². The molecule has 51 heavy (non-hydrogen) atoms. The third-order valence-corrected chi connectivity index (χ3v) is 9.92. The van der Waals surface area contributed by atoms with Crippen LogP contribution < -0.4 is 0 Å². The molecule has 2 aromatic heterocycles. The molecule has 7 aromatic rings. The van der Waals surface area contributed by atoms with Crippen molar-refractivity contribution in [2.75, 3.05) is 0 Å². The van der Waals surface area contributed by atoms with Crippen LogP contribution in [0.2, 0.25) is 0 Å². The normalized spacial score (nSPS) is 12.1. The molecule has 0 unspecified atom stereocenters. The first kappa shape index (κ1) is 34.0. The van der Waals surface area contributed by atoms with Gasteiger partial charge in [0.1, 0.15) is 11.6 Å². The molecule has 0 aliphatic carbocycles. The van der Waals surface area contributed by atoms with E-state index in [1.165, 1.54) is 22.3 Å². The predicted molar refractivity (Wildman–Crippen MR) is 214 cm³/mol. The SMILES string of the molecule is Cc1cc(C)c(-n2c(-c3ccccc3O)nc3c(-c4cccc(-c5cc(-c6cc(C(C)(C)C)cc(C(C)(C)C)c6)ccn5)c4)cccc32)c(C)c1. The van der Waals surface area contributed by atoms with Crippen LogP contribution in [0.3, 0.4) is 0 Å². The van der Waals surface area contributed by atoms with Gasteiger partial charge in [-0.15, -0.1) is 0 Å². The molecule has 4 nitrogen and oxygen atoms in total. The van der Waals surface area contributed by atoms with Crippen LogP contribution in [0.4, 0.5) is 0 Å². The molecule has 0 radical (unpaired) electrons. The first-order chi connectivity index (χ1) is 24.2. The van der Waals surface area contributed by atoms with Crippen LogP contribution in [-0.4, -0.2) is 19.6 Å². The maximum atomic E-state index is 11.0. The summed E-state index contributed by atoms with van der Waals surface area (Å²) in [6, 6.07) is 38.2. The molecule has 0 atom stereocenters. The Morgan fingerprint density at radius 2 is 1.20 bits per heavy atom. The molecule has 0 bridgehead atoms. The lowest BCUT2D eigenvalue weighted by Gasteiger charge is -2.26. The summed E-state index contributed by atoms with van der Waals surface area (Å²) in [6.07, 6.45) is 1.92. The van der Waals surface area contributed by atoms with Gasteiger partial charge in [0.05, 0.1) is 28.0 Å². The van der Waals surface area contributed by atoms with Gasteiger partial charge >= 0.3 is 0 Å². The number of phenols is 1. The van der Waals surface area contributed by atoms with Gasteiger partial charge in [-0.3, -0.25) is 9.55 Å². The van der Waals surface area contributed by atoms with Gasteiger partial charge in [-0.1, -0.05) is 120 Å². The Morgan fingerprint density at radius 1 is 0.569 bits per heavy atom. The number of aromatic hydroxyl groups is 1. The lowest BCUT2D eigenvalue weighted by atomic mass is 9.79.